The summed E-state index contributed by atoms with van der Waals surface area (Å²) in [4.78, 5) is 0. The molecule has 2 rings (SSSR count). The van der Waals surface area contributed by atoms with Crippen LogP contribution in [0.5, 0.6) is 0 Å². The molecule has 21 heavy (non-hydrogen) atoms. The molecule has 0 saturated heterocycles. The topological polar surface area (TPSA) is 29.9 Å². The number of hydrogen-bond acceptors (Lipinski definition) is 2. The van der Waals surface area contributed by atoms with Gasteiger partial charge in [-0.25, -0.2) is 0 Å². The molecule has 0 aliphatic heterocycles. The van der Waals surface area contributed by atoms with Gasteiger partial charge in [-0.1, -0.05) is 19.1 Å². The number of aromatic nitrogens is 2. The zero-order valence-corrected chi connectivity index (χ0v) is 12.0. The van der Waals surface area contributed by atoms with Gasteiger partial charge in [0.1, 0.15) is 0 Å². The largest absolute Gasteiger partial charge is 0.416 e. The Kier molecular flexibility index (Phi) is 4.67. The Morgan fingerprint density at radius 2 is 2.05 bits per heavy atom. The lowest BCUT2D eigenvalue weighted by Crippen LogP contribution is -2.23. The van der Waals surface area contributed by atoms with E-state index in [1.165, 1.54) is 12.1 Å². The predicted octanol–water partition coefficient (Wildman–Crippen LogP) is 3.33. The van der Waals surface area contributed by atoms with Gasteiger partial charge in [-0.15, -0.1) is 0 Å². The molecule has 0 fully saturated rings. The molecule has 2 aromatic rings. The SMILES string of the molecule is CCNC(Cc1ccn(C)n1)c1cccc(C(F)(F)F)c1. The van der Waals surface area contributed by atoms with Crippen LogP contribution < -0.4 is 5.32 Å². The van der Waals surface area contributed by atoms with Crippen molar-refractivity contribution in [1.82, 2.24) is 15.1 Å². The average Bonchev–Trinajstić information content (AvgIpc) is 2.83. The first-order valence-corrected chi connectivity index (χ1v) is 6.79. The highest BCUT2D eigenvalue weighted by atomic mass is 19.4. The summed E-state index contributed by atoms with van der Waals surface area (Å²) >= 11 is 0. The van der Waals surface area contributed by atoms with Gasteiger partial charge in [0.05, 0.1) is 11.3 Å². The molecule has 1 N–H and O–H groups in total. The Morgan fingerprint density at radius 1 is 1.29 bits per heavy atom. The van der Waals surface area contributed by atoms with Crippen LogP contribution in [0.1, 0.15) is 29.8 Å². The fourth-order valence-electron chi connectivity index (χ4n) is 2.27. The second kappa shape index (κ2) is 6.30. The number of alkyl halides is 3. The quantitative estimate of drug-likeness (QED) is 0.917. The number of nitrogens with zero attached hydrogens (tertiary/aromatic N) is 2. The van der Waals surface area contributed by atoms with Gasteiger partial charge in [-0.3, -0.25) is 4.68 Å². The molecule has 0 bridgehead atoms. The lowest BCUT2D eigenvalue weighted by atomic mass is 9.99. The zero-order valence-electron chi connectivity index (χ0n) is 12.0. The highest BCUT2D eigenvalue weighted by Gasteiger charge is 2.31. The van der Waals surface area contributed by atoms with Crippen LogP contribution >= 0.6 is 0 Å². The van der Waals surface area contributed by atoms with Crippen molar-refractivity contribution in [3.05, 3.63) is 53.3 Å². The molecule has 1 heterocycles. The third-order valence-electron chi connectivity index (χ3n) is 3.25. The van der Waals surface area contributed by atoms with Crippen molar-refractivity contribution < 1.29 is 13.2 Å². The predicted molar refractivity (Wildman–Crippen MR) is 74.8 cm³/mol. The van der Waals surface area contributed by atoms with Gasteiger partial charge in [-0.2, -0.15) is 18.3 Å². The zero-order chi connectivity index (χ0) is 15.5. The van der Waals surface area contributed by atoms with Crippen molar-refractivity contribution in [2.75, 3.05) is 6.54 Å². The molecule has 0 saturated carbocycles. The standard InChI is InChI=1S/C15H18F3N3/c1-3-19-14(10-13-7-8-21(2)20-13)11-5-4-6-12(9-11)15(16,17)18/h4-9,14,19H,3,10H2,1-2H3. The van der Waals surface area contributed by atoms with Crippen LogP contribution in [0.2, 0.25) is 0 Å². The first kappa shape index (κ1) is 15.6. The van der Waals surface area contributed by atoms with Gasteiger partial charge in [0, 0.05) is 25.7 Å². The lowest BCUT2D eigenvalue weighted by Gasteiger charge is -2.19. The minimum atomic E-state index is -4.32. The van der Waals surface area contributed by atoms with Crippen LogP contribution in [0.3, 0.4) is 0 Å². The second-order valence-electron chi connectivity index (χ2n) is 4.92. The summed E-state index contributed by atoms with van der Waals surface area (Å²) in [5, 5.41) is 7.50. The van der Waals surface area contributed by atoms with Crippen LogP contribution in [-0.2, 0) is 19.6 Å². The highest BCUT2D eigenvalue weighted by molar-refractivity contribution is 5.29. The van der Waals surface area contributed by atoms with E-state index in [-0.39, 0.29) is 6.04 Å². The van der Waals surface area contributed by atoms with Crippen molar-refractivity contribution in [1.29, 1.82) is 0 Å². The molecule has 1 aromatic heterocycles. The van der Waals surface area contributed by atoms with E-state index in [1.807, 2.05) is 26.2 Å². The Hall–Kier alpha value is -1.82. The van der Waals surface area contributed by atoms with Gasteiger partial charge in [0.15, 0.2) is 0 Å². The van der Waals surface area contributed by atoms with Crippen LogP contribution in [0, 0.1) is 0 Å². The normalized spacial score (nSPS) is 13.4. The summed E-state index contributed by atoms with van der Waals surface area (Å²) in [6, 6.07) is 7.14. The summed E-state index contributed by atoms with van der Waals surface area (Å²) in [6.07, 6.45) is -1.95. The number of likely N-dealkylation sites (N-methyl/N-ethyl adjacent to an activating group) is 1. The van der Waals surface area contributed by atoms with Crippen LogP contribution in [-0.4, -0.2) is 16.3 Å². The summed E-state index contributed by atoms with van der Waals surface area (Å²) in [5.74, 6) is 0. The van der Waals surface area contributed by atoms with Crippen molar-refractivity contribution >= 4 is 0 Å². The second-order valence-corrected chi connectivity index (χ2v) is 4.92. The Bertz CT molecular complexity index is 590. The minimum Gasteiger partial charge on any atom is -0.310 e. The molecule has 1 unspecified atom stereocenters. The Labute approximate surface area is 121 Å². The fourth-order valence-corrected chi connectivity index (χ4v) is 2.27. The molecule has 0 spiro atoms. The van der Waals surface area contributed by atoms with E-state index in [2.05, 4.69) is 10.4 Å². The first-order valence-electron chi connectivity index (χ1n) is 6.79. The Morgan fingerprint density at radius 3 is 2.62 bits per heavy atom. The molecule has 0 aliphatic rings. The molecule has 0 amide bonds. The van der Waals surface area contributed by atoms with Crippen molar-refractivity contribution in [2.24, 2.45) is 7.05 Å². The van der Waals surface area contributed by atoms with Gasteiger partial charge in [0.2, 0.25) is 0 Å². The molecule has 3 nitrogen and oxygen atoms in total. The molecule has 1 aromatic carbocycles. The van der Waals surface area contributed by atoms with Crippen molar-refractivity contribution in [3.63, 3.8) is 0 Å². The fraction of sp³-hybridized carbons (Fsp3) is 0.400. The highest BCUT2D eigenvalue weighted by Crippen LogP contribution is 2.31. The van der Waals surface area contributed by atoms with E-state index in [1.54, 1.807) is 10.7 Å². The maximum absolute atomic E-state index is 12.8. The average molecular weight is 297 g/mol. The van der Waals surface area contributed by atoms with E-state index >= 15 is 0 Å². The number of aryl methyl sites for hydroxylation is 1. The van der Waals surface area contributed by atoms with Crippen molar-refractivity contribution in [2.45, 2.75) is 25.6 Å². The van der Waals surface area contributed by atoms with Gasteiger partial charge < -0.3 is 5.32 Å². The number of rotatable bonds is 5. The van der Waals surface area contributed by atoms with E-state index < -0.39 is 11.7 Å². The van der Waals surface area contributed by atoms with Crippen LogP contribution in [0.15, 0.2) is 36.5 Å². The number of halogens is 3. The third kappa shape index (κ3) is 4.07. The van der Waals surface area contributed by atoms with E-state index in [0.717, 1.165) is 11.8 Å². The summed E-state index contributed by atoms with van der Waals surface area (Å²) < 4.78 is 40.1. The van der Waals surface area contributed by atoms with Gasteiger partial charge in [-0.05, 0) is 30.3 Å². The lowest BCUT2D eigenvalue weighted by molar-refractivity contribution is -0.137. The minimum absolute atomic E-state index is 0.188. The Balaban J connectivity index is 2.25. The monoisotopic (exact) mass is 297 g/mol. The number of benzene rings is 1. The van der Waals surface area contributed by atoms with Crippen LogP contribution in [0.4, 0.5) is 13.2 Å². The molecule has 6 heteroatoms. The summed E-state index contributed by atoms with van der Waals surface area (Å²) in [6.45, 7) is 2.60. The molecular formula is C15H18F3N3. The van der Waals surface area contributed by atoms with E-state index in [0.29, 0.717) is 18.5 Å². The van der Waals surface area contributed by atoms with Crippen LogP contribution in [0.25, 0.3) is 0 Å². The van der Waals surface area contributed by atoms with Gasteiger partial charge in [0.25, 0.3) is 0 Å². The smallest absolute Gasteiger partial charge is 0.310 e. The van der Waals surface area contributed by atoms with Gasteiger partial charge >= 0.3 is 6.18 Å². The van der Waals surface area contributed by atoms with E-state index in [9.17, 15) is 13.2 Å². The maximum Gasteiger partial charge on any atom is 0.416 e. The molecule has 114 valence electrons. The molecule has 0 aliphatic carbocycles. The van der Waals surface area contributed by atoms with Crippen molar-refractivity contribution in [3.8, 4) is 0 Å². The third-order valence-corrected chi connectivity index (χ3v) is 3.25. The van der Waals surface area contributed by atoms with E-state index in [4.69, 9.17) is 0 Å². The molecule has 0 radical (unpaired) electrons. The number of nitrogens with one attached hydrogen (secondary N) is 1. The summed E-state index contributed by atoms with van der Waals surface area (Å²) in [5.41, 5.74) is 0.849. The molecular weight excluding hydrogens is 279 g/mol. The molecule has 1 atom stereocenters. The summed E-state index contributed by atoms with van der Waals surface area (Å²) in [7, 11) is 1.82. The first-order chi connectivity index (χ1) is 9.90. The number of hydrogen-bond donors (Lipinski definition) is 1. The maximum atomic E-state index is 12.8.